The Labute approximate surface area is 188 Å². The summed E-state index contributed by atoms with van der Waals surface area (Å²) >= 11 is 2.82. The number of hydrogen-bond donors (Lipinski definition) is 2. The molecular weight excluding hydrogens is 435 g/mol. The Hall–Kier alpha value is -2.71. The first kappa shape index (κ1) is 23.0. The van der Waals surface area contributed by atoms with E-state index in [1.165, 1.54) is 29.2 Å². The zero-order valence-electron chi connectivity index (χ0n) is 17.4. The topological polar surface area (TPSA) is 79.3 Å². The highest BCUT2D eigenvalue weighted by Gasteiger charge is 2.28. The molecule has 0 spiro atoms. The van der Waals surface area contributed by atoms with Crippen LogP contribution < -0.4 is 5.32 Å². The first-order valence-corrected chi connectivity index (χ1v) is 11.3. The van der Waals surface area contributed by atoms with Gasteiger partial charge in [0.2, 0.25) is 0 Å². The number of aldehydes is 1. The van der Waals surface area contributed by atoms with Gasteiger partial charge in [0.25, 0.3) is 0 Å². The molecule has 2 N–H and O–H groups in total. The summed E-state index contributed by atoms with van der Waals surface area (Å²) in [5, 5.41) is 12.5. The Bertz CT molecular complexity index is 1090. The van der Waals surface area contributed by atoms with E-state index in [2.05, 4.69) is 5.32 Å². The molecule has 0 aliphatic carbocycles. The summed E-state index contributed by atoms with van der Waals surface area (Å²) in [6.45, 7) is 5.87. The van der Waals surface area contributed by atoms with Crippen molar-refractivity contribution in [2.75, 3.05) is 0 Å². The van der Waals surface area contributed by atoms with Crippen molar-refractivity contribution in [3.05, 3.63) is 64.9 Å². The number of nitrogens with zero attached hydrogens (tertiary/aromatic N) is 1. The number of carboxylic acid groups (broad SMARTS) is 1. The second kappa shape index (κ2) is 9.62. The third-order valence-electron chi connectivity index (χ3n) is 4.70. The Morgan fingerprint density at radius 1 is 1.26 bits per heavy atom. The van der Waals surface area contributed by atoms with Gasteiger partial charge >= 0.3 is 6.09 Å². The number of rotatable bonds is 7. The van der Waals surface area contributed by atoms with Crippen LogP contribution >= 0.6 is 23.1 Å². The van der Waals surface area contributed by atoms with Crippen molar-refractivity contribution in [1.82, 2.24) is 10.3 Å². The van der Waals surface area contributed by atoms with Gasteiger partial charge in [0.05, 0.1) is 14.9 Å². The second-order valence-electron chi connectivity index (χ2n) is 8.09. The number of carbonyl (C=O) groups is 2. The van der Waals surface area contributed by atoms with Crippen molar-refractivity contribution in [3.63, 3.8) is 0 Å². The Morgan fingerprint density at radius 3 is 2.65 bits per heavy atom. The highest BCUT2D eigenvalue weighted by atomic mass is 32.2. The van der Waals surface area contributed by atoms with E-state index in [-0.39, 0.29) is 17.3 Å². The second-order valence-corrected chi connectivity index (χ2v) is 10.5. The van der Waals surface area contributed by atoms with Crippen molar-refractivity contribution < 1.29 is 19.1 Å². The van der Waals surface area contributed by atoms with Gasteiger partial charge in [-0.1, -0.05) is 56.8 Å². The minimum Gasteiger partial charge on any atom is -0.465 e. The molecule has 31 heavy (non-hydrogen) atoms. The van der Waals surface area contributed by atoms with Crippen LogP contribution in [0, 0.1) is 11.2 Å². The number of carbonyl (C=O) groups excluding carboxylic acids is 1. The molecule has 0 bridgehead atoms. The average molecular weight is 459 g/mol. The van der Waals surface area contributed by atoms with Crippen molar-refractivity contribution in [2.24, 2.45) is 5.41 Å². The van der Waals surface area contributed by atoms with Crippen LogP contribution in [0.5, 0.6) is 0 Å². The van der Waals surface area contributed by atoms with E-state index in [9.17, 15) is 19.1 Å². The van der Waals surface area contributed by atoms with Gasteiger partial charge in [0, 0.05) is 28.5 Å². The van der Waals surface area contributed by atoms with E-state index < -0.39 is 6.09 Å². The standard InChI is InChI=1S/C23H23FN2O3S2/c1-23(2,3)18(25-22(28)29)12-19-26-20(16-9-4-5-10-17(16)24)21(31-19)30-15-8-6-7-14(11-15)13-27/h4-11,13,18,25H,12H2,1-3H3,(H,28,29). The van der Waals surface area contributed by atoms with E-state index in [1.54, 1.807) is 36.4 Å². The van der Waals surface area contributed by atoms with Crippen molar-refractivity contribution in [1.29, 1.82) is 0 Å². The van der Waals surface area contributed by atoms with Crippen LogP contribution in [0.1, 0.15) is 36.1 Å². The lowest BCUT2D eigenvalue weighted by Crippen LogP contribution is -2.44. The van der Waals surface area contributed by atoms with Gasteiger partial charge in [-0.25, -0.2) is 14.2 Å². The highest BCUT2D eigenvalue weighted by molar-refractivity contribution is 8.01. The molecule has 1 aromatic heterocycles. The molecule has 2 aromatic carbocycles. The molecule has 162 valence electrons. The molecule has 5 nitrogen and oxygen atoms in total. The van der Waals surface area contributed by atoms with Gasteiger partial charge in [-0.05, 0) is 29.7 Å². The lowest BCUT2D eigenvalue weighted by Gasteiger charge is -2.29. The maximum absolute atomic E-state index is 14.6. The van der Waals surface area contributed by atoms with E-state index >= 15 is 0 Å². The van der Waals surface area contributed by atoms with Crippen LogP contribution in [0.2, 0.25) is 0 Å². The van der Waals surface area contributed by atoms with Crippen LogP contribution in [0.15, 0.2) is 57.6 Å². The third-order valence-corrected chi connectivity index (χ3v) is 6.94. The monoisotopic (exact) mass is 458 g/mol. The number of nitrogens with one attached hydrogen (secondary N) is 1. The minimum atomic E-state index is -1.09. The number of aromatic nitrogens is 1. The van der Waals surface area contributed by atoms with Crippen molar-refractivity contribution in [3.8, 4) is 11.3 Å². The van der Waals surface area contributed by atoms with Gasteiger partial charge < -0.3 is 10.4 Å². The molecule has 1 atom stereocenters. The summed E-state index contributed by atoms with van der Waals surface area (Å²) in [4.78, 5) is 27.9. The molecule has 0 saturated carbocycles. The normalized spacial score (nSPS) is 12.4. The number of amides is 1. The fourth-order valence-electron chi connectivity index (χ4n) is 2.98. The van der Waals surface area contributed by atoms with Gasteiger partial charge in [-0.2, -0.15) is 0 Å². The molecule has 3 aromatic rings. The molecular formula is C23H23FN2O3S2. The predicted molar refractivity (Wildman–Crippen MR) is 122 cm³/mol. The molecule has 0 saturated heterocycles. The maximum Gasteiger partial charge on any atom is 0.404 e. The highest BCUT2D eigenvalue weighted by Crippen LogP contribution is 2.41. The van der Waals surface area contributed by atoms with Gasteiger partial charge in [0.15, 0.2) is 0 Å². The molecule has 8 heteroatoms. The zero-order chi connectivity index (χ0) is 22.6. The van der Waals surface area contributed by atoms with Gasteiger partial charge in [-0.15, -0.1) is 11.3 Å². The molecule has 1 unspecified atom stereocenters. The van der Waals surface area contributed by atoms with Gasteiger partial charge in [0.1, 0.15) is 12.1 Å². The summed E-state index contributed by atoms with van der Waals surface area (Å²) in [6.07, 6.45) is 0.0774. The fourth-order valence-corrected chi connectivity index (χ4v) is 5.39. The fraction of sp³-hybridized carbons (Fsp3) is 0.261. The SMILES string of the molecule is CC(C)(C)C(Cc1nc(-c2ccccc2F)c(Sc2cccc(C=O)c2)s1)NC(=O)O. The Kier molecular flexibility index (Phi) is 7.12. The largest absolute Gasteiger partial charge is 0.465 e. The summed E-state index contributed by atoms with van der Waals surface area (Å²) in [5.41, 5.74) is 1.13. The minimum absolute atomic E-state index is 0.326. The molecule has 3 rings (SSSR count). The van der Waals surface area contributed by atoms with Crippen molar-refractivity contribution >= 4 is 35.5 Å². The van der Waals surface area contributed by atoms with Crippen LogP contribution in [-0.2, 0) is 6.42 Å². The Balaban J connectivity index is 2.02. The summed E-state index contributed by atoms with van der Waals surface area (Å²) in [5.74, 6) is -0.376. The van der Waals surface area contributed by atoms with E-state index in [0.717, 1.165) is 15.4 Å². The van der Waals surface area contributed by atoms with E-state index in [4.69, 9.17) is 4.98 Å². The number of halogens is 1. The molecule has 0 aliphatic heterocycles. The summed E-state index contributed by atoms with van der Waals surface area (Å²) in [7, 11) is 0. The quantitative estimate of drug-likeness (QED) is 0.416. The lowest BCUT2D eigenvalue weighted by atomic mass is 9.85. The molecule has 1 heterocycles. The number of thiazole rings is 1. The molecule has 0 aliphatic rings. The molecule has 0 radical (unpaired) electrons. The number of hydrogen-bond acceptors (Lipinski definition) is 5. The third kappa shape index (κ3) is 5.92. The maximum atomic E-state index is 14.6. The van der Waals surface area contributed by atoms with Gasteiger partial charge in [-0.3, -0.25) is 4.79 Å². The zero-order valence-corrected chi connectivity index (χ0v) is 19.0. The van der Waals surface area contributed by atoms with Crippen LogP contribution in [-0.4, -0.2) is 28.5 Å². The van der Waals surface area contributed by atoms with Crippen LogP contribution in [0.4, 0.5) is 9.18 Å². The lowest BCUT2D eigenvalue weighted by molar-refractivity contribution is 0.112. The molecule has 1 amide bonds. The number of benzene rings is 2. The molecule has 0 fully saturated rings. The van der Waals surface area contributed by atoms with Crippen LogP contribution in [0.25, 0.3) is 11.3 Å². The van der Waals surface area contributed by atoms with E-state index in [1.807, 2.05) is 26.8 Å². The Morgan fingerprint density at radius 2 is 2.00 bits per heavy atom. The van der Waals surface area contributed by atoms with E-state index in [0.29, 0.717) is 28.2 Å². The smallest absolute Gasteiger partial charge is 0.404 e. The van der Waals surface area contributed by atoms with Crippen molar-refractivity contribution in [2.45, 2.75) is 42.3 Å². The van der Waals surface area contributed by atoms with Crippen LogP contribution in [0.3, 0.4) is 0 Å². The summed E-state index contributed by atoms with van der Waals surface area (Å²) < 4.78 is 15.3. The first-order chi connectivity index (χ1) is 14.7. The predicted octanol–water partition coefficient (Wildman–Crippen LogP) is 6.14. The summed E-state index contributed by atoms with van der Waals surface area (Å²) in [6, 6.07) is 13.2. The first-order valence-electron chi connectivity index (χ1n) is 9.64. The average Bonchev–Trinajstić information content (AvgIpc) is 3.09.